The molecule has 104 valence electrons. The van der Waals surface area contributed by atoms with Gasteiger partial charge in [0.2, 0.25) is 5.91 Å². The summed E-state index contributed by atoms with van der Waals surface area (Å²) in [6.07, 6.45) is 0.204. The van der Waals surface area contributed by atoms with Crippen molar-refractivity contribution in [1.29, 1.82) is 0 Å². The maximum absolute atomic E-state index is 12.0. The molecule has 20 heavy (non-hydrogen) atoms. The zero-order valence-electron chi connectivity index (χ0n) is 11.4. The van der Waals surface area contributed by atoms with Gasteiger partial charge in [0.15, 0.2) is 10.8 Å². The van der Waals surface area contributed by atoms with E-state index in [1.165, 1.54) is 0 Å². The van der Waals surface area contributed by atoms with Crippen LogP contribution < -0.4 is 5.32 Å². The number of hydrogen-bond acceptors (Lipinski definition) is 5. The highest BCUT2D eigenvalue weighted by Crippen LogP contribution is 2.24. The molecule has 1 aliphatic rings. The fraction of sp³-hybridized carbons (Fsp3) is 0.357. The van der Waals surface area contributed by atoms with Crippen LogP contribution in [0.5, 0.6) is 0 Å². The van der Waals surface area contributed by atoms with E-state index in [-0.39, 0.29) is 12.3 Å². The van der Waals surface area contributed by atoms with Gasteiger partial charge >= 0.3 is 0 Å². The van der Waals surface area contributed by atoms with Crippen LogP contribution in [0.15, 0.2) is 21.6 Å². The molecule has 0 saturated carbocycles. The number of nitrogens with one attached hydrogen (secondary N) is 1. The van der Waals surface area contributed by atoms with E-state index in [2.05, 4.69) is 15.5 Å². The lowest BCUT2D eigenvalue weighted by atomic mass is 10.1. The Bertz CT molecular complexity index is 706. The summed E-state index contributed by atoms with van der Waals surface area (Å²) in [6, 6.07) is 4.05. The van der Waals surface area contributed by atoms with Crippen LogP contribution in [0.3, 0.4) is 0 Å². The second kappa shape index (κ2) is 5.28. The van der Waals surface area contributed by atoms with Crippen molar-refractivity contribution in [1.82, 2.24) is 10.5 Å². The van der Waals surface area contributed by atoms with Gasteiger partial charge in [0.05, 0.1) is 13.0 Å². The quantitative estimate of drug-likeness (QED) is 0.920. The van der Waals surface area contributed by atoms with Crippen molar-refractivity contribution in [2.24, 2.45) is 4.99 Å². The van der Waals surface area contributed by atoms with Crippen molar-refractivity contribution < 1.29 is 9.32 Å². The van der Waals surface area contributed by atoms with Crippen LogP contribution in [0.25, 0.3) is 11.0 Å². The molecule has 1 aromatic carbocycles. The Kier molecular flexibility index (Phi) is 3.48. The number of carbonyl (C=O) groups is 1. The summed E-state index contributed by atoms with van der Waals surface area (Å²) in [5, 5.41) is 8.45. The molecule has 3 rings (SSSR count). The van der Waals surface area contributed by atoms with Gasteiger partial charge in [-0.05, 0) is 31.0 Å². The van der Waals surface area contributed by atoms with Crippen LogP contribution in [0.2, 0.25) is 0 Å². The van der Waals surface area contributed by atoms with E-state index in [9.17, 15) is 4.79 Å². The Morgan fingerprint density at radius 3 is 3.05 bits per heavy atom. The second-order valence-electron chi connectivity index (χ2n) is 4.85. The number of aliphatic imine (C=N–C) groups is 1. The molecule has 6 heteroatoms. The van der Waals surface area contributed by atoms with Gasteiger partial charge in [0.25, 0.3) is 0 Å². The zero-order valence-corrected chi connectivity index (χ0v) is 12.2. The summed E-state index contributed by atoms with van der Waals surface area (Å²) in [5.74, 6) is 0.827. The van der Waals surface area contributed by atoms with Gasteiger partial charge in [-0.2, -0.15) is 0 Å². The molecule has 1 N–H and O–H groups in total. The van der Waals surface area contributed by atoms with Crippen molar-refractivity contribution in [3.8, 4) is 0 Å². The van der Waals surface area contributed by atoms with Crippen molar-refractivity contribution in [3.05, 3.63) is 29.0 Å². The Morgan fingerprint density at radius 1 is 1.45 bits per heavy atom. The number of rotatable bonds is 2. The first kappa shape index (κ1) is 13.2. The van der Waals surface area contributed by atoms with Crippen molar-refractivity contribution in [2.75, 3.05) is 12.3 Å². The van der Waals surface area contributed by atoms with Crippen molar-refractivity contribution >= 4 is 33.8 Å². The van der Waals surface area contributed by atoms with E-state index in [0.717, 1.165) is 34.4 Å². The van der Waals surface area contributed by atoms with E-state index in [0.29, 0.717) is 10.9 Å². The Labute approximate surface area is 120 Å². The molecule has 5 nitrogen and oxygen atoms in total. The minimum atomic E-state index is -0.104. The molecule has 0 spiro atoms. The highest BCUT2D eigenvalue weighted by molar-refractivity contribution is 8.14. The fourth-order valence-corrected chi connectivity index (χ4v) is 3.04. The maximum Gasteiger partial charge on any atom is 0.232 e. The molecule has 0 bridgehead atoms. The lowest BCUT2D eigenvalue weighted by molar-refractivity contribution is -0.119. The van der Waals surface area contributed by atoms with Crippen molar-refractivity contribution in [3.63, 3.8) is 0 Å². The number of carbonyl (C=O) groups excluding carboxylic acids is 1. The standard InChI is InChI=1S/C14H15N3O2S/c1-8-5-9(2)13-10(6-8)11(17-19-13)7-12(18)16-14-15-3-4-20-14/h5-6H,3-4,7H2,1-2H3,(H,15,16,18). The third-order valence-corrected chi connectivity index (χ3v) is 4.03. The predicted octanol–water partition coefficient (Wildman–Crippen LogP) is 2.21. The minimum absolute atomic E-state index is 0.104. The molecule has 0 saturated heterocycles. The molecule has 2 heterocycles. The van der Waals surface area contributed by atoms with Gasteiger partial charge in [0, 0.05) is 11.1 Å². The van der Waals surface area contributed by atoms with Crippen LogP contribution in [-0.2, 0) is 11.2 Å². The third-order valence-electron chi connectivity index (χ3n) is 3.14. The van der Waals surface area contributed by atoms with Crippen LogP contribution in [-0.4, -0.2) is 28.5 Å². The van der Waals surface area contributed by atoms with Gasteiger partial charge in [0.1, 0.15) is 5.69 Å². The molecule has 0 fully saturated rings. The first-order valence-electron chi connectivity index (χ1n) is 6.46. The van der Waals surface area contributed by atoms with Crippen molar-refractivity contribution in [2.45, 2.75) is 20.3 Å². The fourth-order valence-electron chi connectivity index (χ4n) is 2.29. The zero-order chi connectivity index (χ0) is 14.1. The molecule has 1 aliphatic heterocycles. The monoisotopic (exact) mass is 289 g/mol. The number of fused-ring (bicyclic) bond motifs is 1. The van der Waals surface area contributed by atoms with Gasteiger partial charge in [-0.3, -0.25) is 9.79 Å². The van der Waals surface area contributed by atoms with Gasteiger partial charge in [-0.25, -0.2) is 0 Å². The number of amidine groups is 1. The SMILES string of the molecule is Cc1cc(C)c2onc(CC(=O)NC3=NCCS3)c2c1. The number of nitrogens with zero attached hydrogens (tertiary/aromatic N) is 2. The van der Waals surface area contributed by atoms with E-state index in [1.807, 2.05) is 26.0 Å². The molecule has 0 aliphatic carbocycles. The highest BCUT2D eigenvalue weighted by Gasteiger charge is 2.16. The summed E-state index contributed by atoms with van der Waals surface area (Å²) in [5.41, 5.74) is 3.60. The summed E-state index contributed by atoms with van der Waals surface area (Å²) in [4.78, 5) is 16.2. The van der Waals surface area contributed by atoms with E-state index < -0.39 is 0 Å². The average molecular weight is 289 g/mol. The number of hydrogen-bond donors (Lipinski definition) is 1. The number of thioether (sulfide) groups is 1. The number of amides is 1. The molecular formula is C14H15N3O2S. The van der Waals surface area contributed by atoms with Gasteiger partial charge < -0.3 is 9.84 Å². The second-order valence-corrected chi connectivity index (χ2v) is 5.93. The highest BCUT2D eigenvalue weighted by atomic mass is 32.2. The third kappa shape index (κ3) is 2.56. The van der Waals surface area contributed by atoms with Crippen LogP contribution in [0, 0.1) is 13.8 Å². The summed E-state index contributed by atoms with van der Waals surface area (Å²) in [7, 11) is 0. The first-order valence-corrected chi connectivity index (χ1v) is 7.44. The normalized spacial score (nSPS) is 14.6. The minimum Gasteiger partial charge on any atom is -0.356 e. The topological polar surface area (TPSA) is 67.5 Å². The number of aromatic nitrogens is 1. The molecule has 1 amide bonds. The first-order chi connectivity index (χ1) is 9.63. The van der Waals surface area contributed by atoms with Gasteiger partial charge in [-0.15, -0.1) is 0 Å². The predicted molar refractivity (Wildman–Crippen MR) is 80.1 cm³/mol. The number of aryl methyl sites for hydroxylation is 2. The van der Waals surface area contributed by atoms with Gasteiger partial charge in [-0.1, -0.05) is 23.0 Å². The van der Waals surface area contributed by atoms with E-state index >= 15 is 0 Å². The molecule has 2 aromatic rings. The molecule has 0 radical (unpaired) electrons. The smallest absolute Gasteiger partial charge is 0.232 e. The average Bonchev–Trinajstić information content (AvgIpc) is 3.00. The lowest BCUT2D eigenvalue weighted by Gasteiger charge is -2.02. The molecular weight excluding hydrogens is 274 g/mol. The van der Waals surface area contributed by atoms with Crippen LogP contribution in [0.4, 0.5) is 0 Å². The Hall–Kier alpha value is -1.82. The largest absolute Gasteiger partial charge is 0.356 e. The summed E-state index contributed by atoms with van der Waals surface area (Å²) in [6.45, 7) is 4.77. The molecule has 0 atom stereocenters. The lowest BCUT2D eigenvalue weighted by Crippen LogP contribution is -2.28. The number of benzene rings is 1. The summed E-state index contributed by atoms with van der Waals surface area (Å²) >= 11 is 1.57. The van der Waals surface area contributed by atoms with E-state index in [1.54, 1.807) is 11.8 Å². The molecule has 0 unspecified atom stereocenters. The Balaban J connectivity index is 1.82. The van der Waals surface area contributed by atoms with Crippen LogP contribution in [0.1, 0.15) is 16.8 Å². The summed E-state index contributed by atoms with van der Waals surface area (Å²) < 4.78 is 5.34. The van der Waals surface area contributed by atoms with Crippen LogP contribution >= 0.6 is 11.8 Å². The Morgan fingerprint density at radius 2 is 2.30 bits per heavy atom. The molecule has 1 aromatic heterocycles. The maximum atomic E-state index is 12.0. The van der Waals surface area contributed by atoms with E-state index in [4.69, 9.17) is 4.52 Å².